The summed E-state index contributed by atoms with van der Waals surface area (Å²) < 4.78 is 54.4. The summed E-state index contributed by atoms with van der Waals surface area (Å²) in [6, 6.07) is 15.5. The number of carbonyl (C=O) groups excluding carboxylic acids is 2. The molecule has 0 aliphatic carbocycles. The summed E-state index contributed by atoms with van der Waals surface area (Å²) in [4.78, 5) is 38.9. The summed E-state index contributed by atoms with van der Waals surface area (Å²) in [5, 5.41) is 0.822. The maximum Gasteiger partial charge on any atom is 0.336 e. The van der Waals surface area contributed by atoms with Gasteiger partial charge in [-0.25, -0.2) is 14.4 Å². The first-order valence-corrected chi connectivity index (χ1v) is 19.4. The summed E-state index contributed by atoms with van der Waals surface area (Å²) in [6.45, 7) is 3.38. The highest BCUT2D eigenvalue weighted by Crippen LogP contribution is 2.39. The Balaban J connectivity index is 1.22. The van der Waals surface area contributed by atoms with Gasteiger partial charge in [0.1, 0.15) is 11.3 Å². The third-order valence-electron chi connectivity index (χ3n) is 9.16. The van der Waals surface area contributed by atoms with Gasteiger partial charge in [0, 0.05) is 42.8 Å². The summed E-state index contributed by atoms with van der Waals surface area (Å²) >= 11 is 0. The quantitative estimate of drug-likeness (QED) is 0.0268. The zero-order valence-corrected chi connectivity index (χ0v) is 34.7. The Morgan fingerprint density at radius 3 is 1.56 bits per heavy atom. The Labute approximate surface area is 345 Å². The highest BCUT2D eigenvalue weighted by Gasteiger charge is 2.14. The third-order valence-corrected chi connectivity index (χ3v) is 9.16. The van der Waals surface area contributed by atoms with E-state index in [9.17, 15) is 14.4 Å². The zero-order valence-electron chi connectivity index (χ0n) is 34.7. The zero-order chi connectivity index (χ0) is 42.4. The molecule has 0 atom stereocenters. The van der Waals surface area contributed by atoms with E-state index in [2.05, 4.69) is 4.90 Å². The fourth-order valence-electron chi connectivity index (χ4n) is 6.19. The van der Waals surface area contributed by atoms with Crippen LogP contribution in [0.15, 0.2) is 76.0 Å². The van der Waals surface area contributed by atoms with Gasteiger partial charge in [-0.15, -0.1) is 0 Å². The number of nitrogens with zero attached hydrogens (tertiary/aromatic N) is 1. The molecule has 59 heavy (non-hydrogen) atoms. The predicted octanol–water partition coefficient (Wildman–Crippen LogP) is 7.38. The highest BCUT2D eigenvalue weighted by molar-refractivity contribution is 5.88. The average Bonchev–Trinajstić information content (AvgIpc) is 3.25. The van der Waals surface area contributed by atoms with Crippen molar-refractivity contribution in [1.82, 2.24) is 4.90 Å². The molecule has 0 unspecified atom stereocenters. The van der Waals surface area contributed by atoms with Crippen LogP contribution >= 0.6 is 0 Å². The van der Waals surface area contributed by atoms with Crippen LogP contribution in [-0.2, 0) is 19.1 Å². The van der Waals surface area contributed by atoms with Gasteiger partial charge in [-0.2, -0.15) is 0 Å². The van der Waals surface area contributed by atoms with Gasteiger partial charge >= 0.3 is 17.6 Å². The van der Waals surface area contributed by atoms with Crippen molar-refractivity contribution in [3.05, 3.63) is 88.3 Å². The molecule has 4 aromatic rings. The van der Waals surface area contributed by atoms with E-state index in [1.165, 1.54) is 60.9 Å². The van der Waals surface area contributed by atoms with Crippen molar-refractivity contribution in [2.45, 2.75) is 38.5 Å². The van der Waals surface area contributed by atoms with Gasteiger partial charge in [0.25, 0.3) is 0 Å². The molecule has 0 fully saturated rings. The lowest BCUT2D eigenvalue weighted by atomic mass is 10.1. The first-order valence-electron chi connectivity index (χ1n) is 19.4. The van der Waals surface area contributed by atoms with Gasteiger partial charge in [-0.05, 0) is 98.0 Å². The molecule has 0 saturated heterocycles. The van der Waals surface area contributed by atoms with Gasteiger partial charge in [-0.3, -0.25) is 0 Å². The normalized spacial score (nSPS) is 11.2. The molecule has 1 aromatic heterocycles. The molecule has 0 aliphatic heterocycles. The monoisotopic (exact) mass is 817 g/mol. The molecule has 0 amide bonds. The minimum Gasteiger partial charge on any atom is -0.493 e. The van der Waals surface area contributed by atoms with E-state index in [0.717, 1.165) is 57.1 Å². The van der Waals surface area contributed by atoms with Crippen molar-refractivity contribution in [2.24, 2.45) is 0 Å². The van der Waals surface area contributed by atoms with Crippen molar-refractivity contribution >= 4 is 35.1 Å². The van der Waals surface area contributed by atoms with E-state index in [0.29, 0.717) is 76.6 Å². The van der Waals surface area contributed by atoms with Crippen molar-refractivity contribution in [3.8, 4) is 40.2 Å². The molecule has 14 nitrogen and oxygen atoms in total. The van der Waals surface area contributed by atoms with E-state index in [1.54, 1.807) is 48.6 Å². The first kappa shape index (κ1) is 45.6. The molecular weight excluding hydrogens is 762 g/mol. The molecule has 0 bridgehead atoms. The van der Waals surface area contributed by atoms with Crippen LogP contribution in [0.25, 0.3) is 23.1 Å². The fraction of sp³-hybridized carbons (Fsp3) is 0.400. The fourth-order valence-corrected chi connectivity index (χ4v) is 6.19. The molecule has 1 heterocycles. The number of methoxy groups -OCH3 is 6. The van der Waals surface area contributed by atoms with E-state index in [-0.39, 0.29) is 6.61 Å². The number of hydrogen-bond acceptors (Lipinski definition) is 14. The lowest BCUT2D eigenvalue weighted by molar-refractivity contribution is -0.138. The van der Waals surface area contributed by atoms with Gasteiger partial charge in [0.05, 0.1) is 62.5 Å². The molecule has 0 radical (unpaired) electrons. The summed E-state index contributed by atoms with van der Waals surface area (Å²) in [5.74, 6) is 2.63. The molecule has 3 aromatic carbocycles. The smallest absolute Gasteiger partial charge is 0.336 e. The second-order valence-corrected chi connectivity index (χ2v) is 13.2. The number of unbranched alkanes of at least 4 members (excludes halogenated alkanes) is 3. The Kier molecular flexibility index (Phi) is 19.0. The SMILES string of the molecule is COc1cc(/C=C/C(=O)OCCCCCCN(CCCOC(=O)/C=C/c2cc(OC)c(OC)c(OC)c2)CCCOc2ccc3ccc(=O)oc3c2)cc(OC)c1OC. The third kappa shape index (κ3) is 14.6. The topological polar surface area (TPSA) is 151 Å². The lowest BCUT2D eigenvalue weighted by Crippen LogP contribution is -2.29. The molecule has 4 rings (SSSR count). The van der Waals surface area contributed by atoms with Crippen LogP contribution in [0.1, 0.15) is 49.7 Å². The van der Waals surface area contributed by atoms with Crippen LogP contribution in [0.4, 0.5) is 0 Å². The van der Waals surface area contributed by atoms with Crippen molar-refractivity contribution in [2.75, 3.05) is 82.1 Å². The van der Waals surface area contributed by atoms with Crippen molar-refractivity contribution in [3.63, 3.8) is 0 Å². The second kappa shape index (κ2) is 24.6. The summed E-state index contributed by atoms with van der Waals surface area (Å²) in [5.41, 5.74) is 1.47. The van der Waals surface area contributed by atoms with Crippen LogP contribution in [0, 0.1) is 0 Å². The second-order valence-electron chi connectivity index (χ2n) is 13.2. The molecule has 0 spiro atoms. The Hall–Kier alpha value is -6.15. The molecule has 0 N–H and O–H groups in total. The molecule has 14 heteroatoms. The largest absolute Gasteiger partial charge is 0.493 e. The summed E-state index contributed by atoms with van der Waals surface area (Å²) in [7, 11) is 9.19. The Bertz CT molecular complexity index is 2020. The molecular formula is C45H55NO13. The van der Waals surface area contributed by atoms with E-state index >= 15 is 0 Å². The lowest BCUT2D eigenvalue weighted by Gasteiger charge is -2.22. The van der Waals surface area contributed by atoms with Crippen LogP contribution in [-0.4, -0.2) is 99.0 Å². The van der Waals surface area contributed by atoms with Crippen LogP contribution in [0.2, 0.25) is 0 Å². The van der Waals surface area contributed by atoms with E-state index in [4.69, 9.17) is 47.0 Å². The van der Waals surface area contributed by atoms with E-state index in [1.807, 2.05) is 12.1 Å². The molecule has 0 saturated carbocycles. The maximum atomic E-state index is 12.6. The van der Waals surface area contributed by atoms with Gasteiger partial charge < -0.3 is 51.9 Å². The first-order chi connectivity index (χ1) is 28.7. The number of fused-ring (bicyclic) bond motifs is 1. The average molecular weight is 818 g/mol. The number of hydrogen-bond donors (Lipinski definition) is 0. The Morgan fingerprint density at radius 1 is 0.559 bits per heavy atom. The standard InChI is InChI=1S/C45H55NO13/c1-50-37-27-32(28-38(51-2)44(37)54-5)13-18-41(47)57-24-10-8-7-9-21-46(22-11-25-56-35-17-15-34-16-20-43(49)59-36(34)31-35)23-12-26-58-42(48)19-14-33-29-39(52-3)45(55-6)40(30-33)53-4/h13-20,27-31H,7-12,21-26H2,1-6H3/b18-13+,19-14+. The number of benzene rings is 3. The number of rotatable bonds is 26. The van der Waals surface area contributed by atoms with Gasteiger partial charge in [-0.1, -0.05) is 12.8 Å². The van der Waals surface area contributed by atoms with E-state index < -0.39 is 17.6 Å². The molecule has 0 aliphatic rings. The Morgan fingerprint density at radius 2 is 1.03 bits per heavy atom. The maximum absolute atomic E-state index is 12.6. The van der Waals surface area contributed by atoms with Crippen LogP contribution in [0.5, 0.6) is 40.2 Å². The number of ether oxygens (including phenoxy) is 9. The minimum absolute atomic E-state index is 0.257. The predicted molar refractivity (Wildman–Crippen MR) is 224 cm³/mol. The van der Waals surface area contributed by atoms with Crippen molar-refractivity contribution in [1.29, 1.82) is 0 Å². The van der Waals surface area contributed by atoms with Gasteiger partial charge in [0.2, 0.25) is 11.5 Å². The highest BCUT2D eigenvalue weighted by atomic mass is 16.5. The van der Waals surface area contributed by atoms with Gasteiger partial charge in [0.15, 0.2) is 23.0 Å². The van der Waals surface area contributed by atoms with Crippen molar-refractivity contribution < 1.29 is 56.6 Å². The summed E-state index contributed by atoms with van der Waals surface area (Å²) in [6.07, 6.45) is 11.0. The van der Waals surface area contributed by atoms with Crippen LogP contribution < -0.4 is 38.8 Å². The molecule has 318 valence electrons. The number of esters is 2. The number of carbonyl (C=O) groups is 2. The minimum atomic E-state index is -0.456. The van der Waals surface area contributed by atoms with Crippen LogP contribution in [0.3, 0.4) is 0 Å².